The van der Waals surface area contributed by atoms with Gasteiger partial charge in [-0.1, -0.05) is 23.7 Å². The van der Waals surface area contributed by atoms with E-state index in [9.17, 15) is 0 Å². The summed E-state index contributed by atoms with van der Waals surface area (Å²) in [6, 6.07) is 7.50. The van der Waals surface area contributed by atoms with Gasteiger partial charge in [0.2, 0.25) is 11.6 Å². The summed E-state index contributed by atoms with van der Waals surface area (Å²) in [7, 11) is 0. The standard InChI is InChI=1S/C14H15ClO4/c1-12-8-7-11-13(2,16-12)18-19-14(11,17-12)9-3-5-10(15)6-4-9/h3-6,11H,7-8H2,1-2H3/t11-,12+,13-,14+/m1/s1. The van der Waals surface area contributed by atoms with Gasteiger partial charge in [0.25, 0.3) is 0 Å². The molecule has 0 radical (unpaired) electrons. The van der Waals surface area contributed by atoms with Crippen molar-refractivity contribution in [1.29, 1.82) is 0 Å². The van der Waals surface area contributed by atoms with E-state index in [-0.39, 0.29) is 5.92 Å². The van der Waals surface area contributed by atoms with Gasteiger partial charge in [-0.25, -0.2) is 0 Å². The van der Waals surface area contributed by atoms with Crippen LogP contribution in [0.1, 0.15) is 32.3 Å². The number of halogens is 1. The lowest BCUT2D eigenvalue weighted by atomic mass is 9.76. The summed E-state index contributed by atoms with van der Waals surface area (Å²) in [5.41, 5.74) is 0.917. The van der Waals surface area contributed by atoms with Crippen LogP contribution in [0.25, 0.3) is 0 Å². The minimum absolute atomic E-state index is 0.0167. The van der Waals surface area contributed by atoms with Gasteiger partial charge >= 0.3 is 0 Å². The quantitative estimate of drug-likeness (QED) is 0.740. The van der Waals surface area contributed by atoms with Gasteiger partial charge in [0.15, 0.2) is 5.79 Å². The summed E-state index contributed by atoms with van der Waals surface area (Å²) in [4.78, 5) is 11.1. The number of hydrogen-bond acceptors (Lipinski definition) is 4. The summed E-state index contributed by atoms with van der Waals surface area (Å²) in [6.45, 7) is 3.85. The third kappa shape index (κ3) is 1.49. The fourth-order valence-electron chi connectivity index (χ4n) is 3.50. The highest BCUT2D eigenvalue weighted by molar-refractivity contribution is 6.30. The maximum atomic E-state index is 6.13. The highest BCUT2D eigenvalue weighted by Crippen LogP contribution is 2.62. The SMILES string of the molecule is C[C@@]12CC[C@@H]3[C@@](C)(OO[C@]3(c3ccc(Cl)cc3)O1)O2. The molecular weight excluding hydrogens is 268 g/mol. The first-order valence-corrected chi connectivity index (χ1v) is 6.87. The van der Waals surface area contributed by atoms with Crippen molar-refractivity contribution in [2.24, 2.45) is 5.92 Å². The van der Waals surface area contributed by atoms with Crippen molar-refractivity contribution in [3.63, 3.8) is 0 Å². The van der Waals surface area contributed by atoms with Crippen LogP contribution in [0.2, 0.25) is 5.02 Å². The lowest BCUT2D eigenvalue weighted by Gasteiger charge is -2.54. The number of ether oxygens (including phenoxy) is 2. The molecule has 0 aliphatic carbocycles. The zero-order chi connectivity index (χ0) is 13.3. The van der Waals surface area contributed by atoms with E-state index in [0.717, 1.165) is 18.4 Å². The van der Waals surface area contributed by atoms with E-state index in [1.165, 1.54) is 0 Å². The number of fused-ring (bicyclic) bond motifs is 1. The molecule has 1 aromatic carbocycles. The lowest BCUT2D eigenvalue weighted by molar-refractivity contribution is -0.433. The predicted octanol–water partition coefficient (Wildman–Crippen LogP) is 3.34. The normalized spacial score (nSPS) is 47.6. The molecular formula is C14H15ClO4. The molecule has 4 bridgehead atoms. The maximum absolute atomic E-state index is 6.13. The van der Waals surface area contributed by atoms with E-state index < -0.39 is 17.4 Å². The smallest absolute Gasteiger partial charge is 0.238 e. The van der Waals surface area contributed by atoms with Crippen molar-refractivity contribution in [2.75, 3.05) is 0 Å². The molecule has 0 N–H and O–H groups in total. The second kappa shape index (κ2) is 3.51. The number of hydrogen-bond donors (Lipinski definition) is 0. The predicted molar refractivity (Wildman–Crippen MR) is 67.0 cm³/mol. The molecule has 4 fully saturated rings. The molecule has 4 heterocycles. The Morgan fingerprint density at radius 1 is 1.11 bits per heavy atom. The van der Waals surface area contributed by atoms with Crippen LogP contribution in [-0.2, 0) is 25.0 Å². The minimum Gasteiger partial charge on any atom is -0.315 e. The van der Waals surface area contributed by atoms with Crippen LogP contribution in [0.3, 0.4) is 0 Å². The summed E-state index contributed by atoms with van der Waals surface area (Å²) < 4.78 is 12.1. The van der Waals surface area contributed by atoms with Gasteiger partial charge in [-0.15, -0.1) is 0 Å². The average molecular weight is 283 g/mol. The van der Waals surface area contributed by atoms with Gasteiger partial charge in [-0.3, -0.25) is 0 Å². The Labute approximate surface area is 116 Å². The van der Waals surface area contributed by atoms with Gasteiger partial charge in [-0.2, -0.15) is 9.78 Å². The highest BCUT2D eigenvalue weighted by Gasteiger charge is 2.72. The number of rotatable bonds is 1. The van der Waals surface area contributed by atoms with Crippen molar-refractivity contribution in [3.8, 4) is 0 Å². The molecule has 0 unspecified atom stereocenters. The van der Waals surface area contributed by atoms with Gasteiger partial charge < -0.3 is 9.47 Å². The third-order valence-corrected chi connectivity index (χ3v) is 4.59. The van der Waals surface area contributed by atoms with Gasteiger partial charge in [0.1, 0.15) is 0 Å². The fourth-order valence-corrected chi connectivity index (χ4v) is 3.63. The number of benzene rings is 1. The Hall–Kier alpha value is -0.650. The van der Waals surface area contributed by atoms with Crippen LogP contribution in [-0.4, -0.2) is 11.6 Å². The summed E-state index contributed by atoms with van der Waals surface area (Å²) in [5.74, 6) is -2.28. The Morgan fingerprint density at radius 2 is 1.84 bits per heavy atom. The van der Waals surface area contributed by atoms with Crippen molar-refractivity contribution in [3.05, 3.63) is 34.9 Å². The molecule has 4 saturated heterocycles. The van der Waals surface area contributed by atoms with Crippen molar-refractivity contribution in [2.45, 2.75) is 44.1 Å². The van der Waals surface area contributed by atoms with Crippen LogP contribution in [0.15, 0.2) is 24.3 Å². The summed E-state index contributed by atoms with van der Waals surface area (Å²) in [5, 5.41) is 0.685. The molecule has 5 rings (SSSR count). The summed E-state index contributed by atoms with van der Waals surface area (Å²) >= 11 is 5.95. The zero-order valence-electron chi connectivity index (χ0n) is 10.8. The van der Waals surface area contributed by atoms with Gasteiger partial charge in [0, 0.05) is 17.0 Å². The van der Waals surface area contributed by atoms with Crippen LogP contribution < -0.4 is 0 Å². The fraction of sp³-hybridized carbons (Fsp3) is 0.571. The van der Waals surface area contributed by atoms with Crippen LogP contribution in [0.4, 0.5) is 0 Å². The van der Waals surface area contributed by atoms with Crippen LogP contribution in [0.5, 0.6) is 0 Å². The molecule has 0 saturated carbocycles. The highest BCUT2D eigenvalue weighted by atomic mass is 35.5. The molecule has 0 amide bonds. The molecule has 19 heavy (non-hydrogen) atoms. The Bertz CT molecular complexity index is 533. The van der Waals surface area contributed by atoms with Crippen molar-refractivity contribution < 1.29 is 19.2 Å². The first-order chi connectivity index (χ1) is 8.96. The lowest BCUT2D eigenvalue weighted by Crippen LogP contribution is -2.62. The minimum atomic E-state index is -0.884. The molecule has 5 heteroatoms. The topological polar surface area (TPSA) is 36.9 Å². The monoisotopic (exact) mass is 282 g/mol. The van der Waals surface area contributed by atoms with Crippen LogP contribution in [0, 0.1) is 5.92 Å². The van der Waals surface area contributed by atoms with E-state index in [2.05, 4.69) is 0 Å². The molecule has 102 valence electrons. The molecule has 4 atom stereocenters. The van der Waals surface area contributed by atoms with Crippen molar-refractivity contribution in [1.82, 2.24) is 0 Å². The Morgan fingerprint density at radius 3 is 2.53 bits per heavy atom. The van der Waals surface area contributed by atoms with Gasteiger partial charge in [0.05, 0.1) is 5.92 Å². The average Bonchev–Trinajstić information content (AvgIpc) is 2.58. The van der Waals surface area contributed by atoms with E-state index >= 15 is 0 Å². The zero-order valence-corrected chi connectivity index (χ0v) is 11.6. The van der Waals surface area contributed by atoms with E-state index in [4.69, 9.17) is 30.8 Å². The van der Waals surface area contributed by atoms with Crippen LogP contribution >= 0.6 is 11.6 Å². The molecule has 4 aliphatic rings. The van der Waals surface area contributed by atoms with E-state index in [0.29, 0.717) is 5.02 Å². The van der Waals surface area contributed by atoms with E-state index in [1.54, 1.807) is 0 Å². The first-order valence-electron chi connectivity index (χ1n) is 6.49. The Kier molecular flexibility index (Phi) is 2.24. The third-order valence-electron chi connectivity index (χ3n) is 4.34. The van der Waals surface area contributed by atoms with E-state index in [1.807, 2.05) is 38.1 Å². The molecule has 4 nitrogen and oxygen atoms in total. The van der Waals surface area contributed by atoms with Crippen molar-refractivity contribution >= 4 is 11.6 Å². The first kappa shape index (κ1) is 12.1. The second-order valence-corrected chi connectivity index (χ2v) is 6.22. The second-order valence-electron chi connectivity index (χ2n) is 5.79. The van der Waals surface area contributed by atoms with Gasteiger partial charge in [-0.05, 0) is 32.4 Å². The molecule has 1 aromatic rings. The Balaban J connectivity index is 1.84. The molecule has 0 spiro atoms. The summed E-state index contributed by atoms with van der Waals surface area (Å²) in [6.07, 6.45) is 1.78. The molecule has 0 aromatic heterocycles. The molecule has 4 aliphatic heterocycles. The largest absolute Gasteiger partial charge is 0.315 e. The maximum Gasteiger partial charge on any atom is 0.238 e.